The standard InChI is InChI=1S/C31H22N6O/c1-2-6-20(7-3-1)19-38-23-12-22(16-33-17-23)28-14-26-30(18-34-28)36-37-31(26)29-13-25-24(9-4-10-27(25)35-29)21-8-5-11-32-15-21/h1-18,35H,19H2,(H,36,37). The van der Waals surface area contributed by atoms with Gasteiger partial charge in [-0.15, -0.1) is 0 Å². The molecule has 0 radical (unpaired) electrons. The third kappa shape index (κ3) is 4.06. The molecule has 7 rings (SSSR count). The zero-order chi connectivity index (χ0) is 25.3. The summed E-state index contributed by atoms with van der Waals surface area (Å²) in [6.45, 7) is 0.478. The molecule has 7 aromatic rings. The molecule has 5 heterocycles. The third-order valence-electron chi connectivity index (χ3n) is 6.60. The number of fused-ring (bicyclic) bond motifs is 2. The largest absolute Gasteiger partial charge is 0.487 e. The molecule has 0 aliphatic heterocycles. The van der Waals surface area contributed by atoms with Gasteiger partial charge >= 0.3 is 0 Å². The zero-order valence-electron chi connectivity index (χ0n) is 20.3. The monoisotopic (exact) mass is 494 g/mol. The SMILES string of the molecule is c1ccc(COc2cncc(-c3cc4c(-c5cc6c(-c7cccnc7)cccc6[nH]5)n[nH]c4cn3)c2)cc1. The van der Waals surface area contributed by atoms with E-state index in [1.165, 1.54) is 0 Å². The Morgan fingerprint density at radius 1 is 0.711 bits per heavy atom. The summed E-state index contributed by atoms with van der Waals surface area (Å²) in [6, 6.07) is 26.5. The van der Waals surface area contributed by atoms with Crippen molar-refractivity contribution in [2.24, 2.45) is 0 Å². The number of H-pyrrole nitrogens is 2. The highest BCUT2D eigenvalue weighted by atomic mass is 16.5. The normalized spacial score (nSPS) is 11.3. The number of hydrogen-bond donors (Lipinski definition) is 2. The summed E-state index contributed by atoms with van der Waals surface area (Å²) in [4.78, 5) is 16.9. The van der Waals surface area contributed by atoms with Crippen molar-refractivity contribution in [2.75, 3.05) is 0 Å². The van der Waals surface area contributed by atoms with Gasteiger partial charge in [0.1, 0.15) is 18.1 Å². The number of nitrogens with zero attached hydrogens (tertiary/aromatic N) is 4. The van der Waals surface area contributed by atoms with Gasteiger partial charge in [0.15, 0.2) is 0 Å². The number of aromatic amines is 2. The Morgan fingerprint density at radius 2 is 1.63 bits per heavy atom. The van der Waals surface area contributed by atoms with Crippen LogP contribution in [-0.2, 0) is 6.61 Å². The maximum absolute atomic E-state index is 5.98. The minimum absolute atomic E-state index is 0.478. The number of nitrogens with one attached hydrogen (secondary N) is 2. The van der Waals surface area contributed by atoms with Crippen molar-refractivity contribution in [1.82, 2.24) is 30.1 Å². The lowest BCUT2D eigenvalue weighted by Gasteiger charge is -2.08. The first kappa shape index (κ1) is 21.9. The van der Waals surface area contributed by atoms with Gasteiger partial charge in [0.2, 0.25) is 0 Å². The van der Waals surface area contributed by atoms with Crippen molar-refractivity contribution in [3.05, 3.63) is 115 Å². The number of hydrogen-bond acceptors (Lipinski definition) is 5. The van der Waals surface area contributed by atoms with Crippen LogP contribution in [-0.4, -0.2) is 30.1 Å². The van der Waals surface area contributed by atoms with E-state index in [4.69, 9.17) is 4.74 Å². The molecule has 0 saturated carbocycles. The number of rotatable bonds is 6. The number of aromatic nitrogens is 6. The van der Waals surface area contributed by atoms with Crippen molar-refractivity contribution in [3.8, 4) is 39.5 Å². The molecule has 2 N–H and O–H groups in total. The van der Waals surface area contributed by atoms with Crippen LogP contribution in [0.15, 0.2) is 110 Å². The predicted molar refractivity (Wildman–Crippen MR) is 148 cm³/mol. The van der Waals surface area contributed by atoms with Crippen molar-refractivity contribution >= 4 is 21.8 Å². The second-order valence-corrected chi connectivity index (χ2v) is 9.06. The molecule has 0 atom stereocenters. The first-order chi connectivity index (χ1) is 18.8. The van der Waals surface area contributed by atoms with Gasteiger partial charge in [-0.1, -0.05) is 48.5 Å². The van der Waals surface area contributed by atoms with Gasteiger partial charge in [-0.3, -0.25) is 20.1 Å². The van der Waals surface area contributed by atoms with Crippen LogP contribution in [0.2, 0.25) is 0 Å². The summed E-state index contributed by atoms with van der Waals surface area (Å²) in [7, 11) is 0. The highest BCUT2D eigenvalue weighted by Crippen LogP contribution is 2.34. The maximum Gasteiger partial charge on any atom is 0.138 e. The van der Waals surface area contributed by atoms with E-state index in [-0.39, 0.29) is 0 Å². The molecule has 182 valence electrons. The summed E-state index contributed by atoms with van der Waals surface area (Å²) in [6.07, 6.45) is 9.00. The maximum atomic E-state index is 5.98. The van der Waals surface area contributed by atoms with E-state index in [1.54, 1.807) is 18.6 Å². The Morgan fingerprint density at radius 3 is 2.53 bits per heavy atom. The topological polar surface area (TPSA) is 92.4 Å². The van der Waals surface area contributed by atoms with Crippen molar-refractivity contribution in [2.45, 2.75) is 6.61 Å². The Balaban J connectivity index is 1.24. The van der Waals surface area contributed by atoms with E-state index in [2.05, 4.69) is 60.5 Å². The first-order valence-corrected chi connectivity index (χ1v) is 12.3. The van der Waals surface area contributed by atoms with Crippen LogP contribution in [0.3, 0.4) is 0 Å². The van der Waals surface area contributed by atoms with Gasteiger partial charge in [-0.05, 0) is 41.5 Å². The Kier molecular flexibility index (Phi) is 5.37. The Hall–Kier alpha value is -5.30. The predicted octanol–water partition coefficient (Wildman–Crippen LogP) is 6.81. The van der Waals surface area contributed by atoms with Gasteiger partial charge in [0.25, 0.3) is 0 Å². The molecular formula is C31H22N6O. The van der Waals surface area contributed by atoms with Gasteiger partial charge in [-0.2, -0.15) is 5.10 Å². The lowest BCUT2D eigenvalue weighted by molar-refractivity contribution is 0.305. The van der Waals surface area contributed by atoms with E-state index in [0.717, 1.165) is 61.1 Å². The molecule has 0 saturated heterocycles. The lowest BCUT2D eigenvalue weighted by Crippen LogP contribution is -1.96. The Labute approximate surface area is 218 Å². The lowest BCUT2D eigenvalue weighted by atomic mass is 10.0. The van der Waals surface area contributed by atoms with E-state index >= 15 is 0 Å². The number of ether oxygens (including phenoxy) is 1. The van der Waals surface area contributed by atoms with Crippen LogP contribution in [0.25, 0.3) is 55.6 Å². The molecular weight excluding hydrogens is 472 g/mol. The summed E-state index contributed by atoms with van der Waals surface area (Å²) in [5.41, 5.74) is 8.64. The second kappa shape index (κ2) is 9.29. The fourth-order valence-corrected chi connectivity index (χ4v) is 4.72. The molecule has 0 fully saturated rings. The van der Waals surface area contributed by atoms with E-state index in [9.17, 15) is 0 Å². The Bertz CT molecular complexity index is 1880. The summed E-state index contributed by atoms with van der Waals surface area (Å²) in [5.74, 6) is 0.694. The highest BCUT2D eigenvalue weighted by Gasteiger charge is 2.15. The van der Waals surface area contributed by atoms with Crippen molar-refractivity contribution in [1.29, 1.82) is 0 Å². The van der Waals surface area contributed by atoms with Crippen LogP contribution in [0.4, 0.5) is 0 Å². The molecule has 0 aliphatic carbocycles. The van der Waals surface area contributed by atoms with E-state index < -0.39 is 0 Å². The molecule has 7 nitrogen and oxygen atoms in total. The smallest absolute Gasteiger partial charge is 0.138 e. The summed E-state index contributed by atoms with van der Waals surface area (Å²) >= 11 is 0. The van der Waals surface area contributed by atoms with Crippen molar-refractivity contribution < 1.29 is 4.74 Å². The van der Waals surface area contributed by atoms with E-state index in [0.29, 0.717) is 12.4 Å². The quantitative estimate of drug-likeness (QED) is 0.265. The average molecular weight is 495 g/mol. The number of pyridine rings is 3. The molecule has 0 spiro atoms. The van der Waals surface area contributed by atoms with Gasteiger partial charge in [-0.25, -0.2) is 0 Å². The fourth-order valence-electron chi connectivity index (χ4n) is 4.72. The van der Waals surface area contributed by atoms with Crippen LogP contribution < -0.4 is 4.74 Å². The summed E-state index contributed by atoms with van der Waals surface area (Å²) in [5, 5.41) is 9.84. The molecule has 5 aromatic heterocycles. The van der Waals surface area contributed by atoms with E-state index in [1.807, 2.05) is 60.9 Å². The van der Waals surface area contributed by atoms with Crippen LogP contribution in [0.5, 0.6) is 5.75 Å². The minimum Gasteiger partial charge on any atom is -0.487 e. The fraction of sp³-hybridized carbons (Fsp3) is 0.0323. The minimum atomic E-state index is 0.478. The molecule has 0 aliphatic rings. The van der Waals surface area contributed by atoms with Crippen LogP contribution >= 0.6 is 0 Å². The molecule has 2 aromatic carbocycles. The second-order valence-electron chi connectivity index (χ2n) is 9.06. The molecule has 0 amide bonds. The van der Waals surface area contributed by atoms with Crippen LogP contribution in [0, 0.1) is 0 Å². The number of benzene rings is 2. The van der Waals surface area contributed by atoms with Crippen molar-refractivity contribution in [3.63, 3.8) is 0 Å². The summed E-state index contributed by atoms with van der Waals surface area (Å²) < 4.78 is 5.98. The third-order valence-corrected chi connectivity index (χ3v) is 6.60. The van der Waals surface area contributed by atoms with Gasteiger partial charge in [0.05, 0.1) is 29.3 Å². The average Bonchev–Trinajstić information content (AvgIpc) is 3.61. The molecule has 0 unspecified atom stereocenters. The van der Waals surface area contributed by atoms with Gasteiger partial charge in [0, 0.05) is 46.0 Å². The van der Waals surface area contributed by atoms with Crippen LogP contribution in [0.1, 0.15) is 5.56 Å². The zero-order valence-corrected chi connectivity index (χ0v) is 20.3. The first-order valence-electron chi connectivity index (χ1n) is 12.3. The van der Waals surface area contributed by atoms with Gasteiger partial charge < -0.3 is 9.72 Å². The highest BCUT2D eigenvalue weighted by molar-refractivity contribution is 6.01. The molecule has 0 bridgehead atoms. The molecule has 7 heteroatoms. The molecule has 38 heavy (non-hydrogen) atoms.